The predicted molar refractivity (Wildman–Crippen MR) is 160 cm³/mol. The van der Waals surface area contributed by atoms with Crippen molar-refractivity contribution in [3.05, 3.63) is 99.0 Å². The standard InChI is InChI=1S/C32H36BrClN2O3/c1-22(2)25-15-16-30(28(33)19-25)39-21-31(37)36(20-24-11-8-12-26(34)17-24)29(18-23-9-4-3-5-10-23)32(38)35-27-13-6-7-14-27/h3-5,8-12,15-17,19,22,27,29H,6-7,13-14,18,20-21H2,1-2H3,(H,35,38). The molecule has 1 atom stereocenters. The zero-order chi connectivity index (χ0) is 27.8. The fourth-order valence-electron chi connectivity index (χ4n) is 4.97. The van der Waals surface area contributed by atoms with E-state index in [-0.39, 0.29) is 31.0 Å². The highest BCUT2D eigenvalue weighted by Gasteiger charge is 2.32. The number of carbonyl (C=O) groups excluding carboxylic acids is 2. The summed E-state index contributed by atoms with van der Waals surface area (Å²) in [6.07, 6.45) is 4.55. The normalized spacial score (nSPS) is 14.3. The zero-order valence-electron chi connectivity index (χ0n) is 22.5. The van der Waals surface area contributed by atoms with Crippen LogP contribution in [0.25, 0.3) is 0 Å². The lowest BCUT2D eigenvalue weighted by molar-refractivity contribution is -0.143. The molecule has 206 valence electrons. The summed E-state index contributed by atoms with van der Waals surface area (Å²) in [5.41, 5.74) is 3.01. The van der Waals surface area contributed by atoms with E-state index in [0.717, 1.165) is 41.3 Å². The lowest BCUT2D eigenvalue weighted by Crippen LogP contribution is -2.53. The van der Waals surface area contributed by atoms with E-state index in [0.29, 0.717) is 23.1 Å². The van der Waals surface area contributed by atoms with Gasteiger partial charge in [0.05, 0.1) is 4.47 Å². The Hall–Kier alpha value is -2.83. The first-order valence-electron chi connectivity index (χ1n) is 13.6. The SMILES string of the molecule is CC(C)c1ccc(OCC(=O)N(Cc2cccc(Cl)c2)C(Cc2ccccc2)C(=O)NC2CCCC2)c(Br)c1. The minimum Gasteiger partial charge on any atom is -0.483 e. The molecule has 0 aromatic heterocycles. The Morgan fingerprint density at radius 1 is 1.00 bits per heavy atom. The van der Waals surface area contributed by atoms with Gasteiger partial charge in [0.15, 0.2) is 6.61 Å². The molecule has 0 bridgehead atoms. The molecular formula is C32H36BrClN2O3. The Bertz CT molecular complexity index is 1260. The predicted octanol–water partition coefficient (Wildman–Crippen LogP) is 7.30. The van der Waals surface area contributed by atoms with E-state index < -0.39 is 6.04 Å². The summed E-state index contributed by atoms with van der Waals surface area (Å²) >= 11 is 9.85. The smallest absolute Gasteiger partial charge is 0.261 e. The van der Waals surface area contributed by atoms with Gasteiger partial charge in [-0.1, -0.05) is 86.8 Å². The van der Waals surface area contributed by atoms with Gasteiger partial charge in [0.1, 0.15) is 11.8 Å². The van der Waals surface area contributed by atoms with Crippen LogP contribution in [0.15, 0.2) is 77.3 Å². The molecule has 0 heterocycles. The third-order valence-corrected chi connectivity index (χ3v) is 8.04. The molecule has 0 aliphatic heterocycles. The van der Waals surface area contributed by atoms with Crippen molar-refractivity contribution in [2.75, 3.05) is 6.61 Å². The summed E-state index contributed by atoms with van der Waals surface area (Å²) in [4.78, 5) is 29.2. The maximum Gasteiger partial charge on any atom is 0.261 e. The molecule has 0 saturated heterocycles. The number of amides is 2. The first-order valence-corrected chi connectivity index (χ1v) is 14.8. The van der Waals surface area contributed by atoms with Gasteiger partial charge < -0.3 is 15.0 Å². The van der Waals surface area contributed by atoms with Crippen LogP contribution in [0, 0.1) is 0 Å². The molecule has 3 aromatic carbocycles. The quantitative estimate of drug-likeness (QED) is 0.247. The highest BCUT2D eigenvalue weighted by Crippen LogP contribution is 2.29. The second-order valence-electron chi connectivity index (χ2n) is 10.5. The maximum absolute atomic E-state index is 13.8. The van der Waals surface area contributed by atoms with Crippen molar-refractivity contribution in [2.24, 2.45) is 0 Å². The fourth-order valence-corrected chi connectivity index (χ4v) is 5.69. The molecule has 4 rings (SSSR count). The molecule has 1 N–H and O–H groups in total. The summed E-state index contributed by atoms with van der Waals surface area (Å²) < 4.78 is 6.79. The van der Waals surface area contributed by atoms with Crippen molar-refractivity contribution in [2.45, 2.75) is 70.5 Å². The molecule has 1 fully saturated rings. The van der Waals surface area contributed by atoms with Crippen molar-refractivity contribution in [1.82, 2.24) is 10.2 Å². The first-order chi connectivity index (χ1) is 18.8. The van der Waals surface area contributed by atoms with Crippen molar-refractivity contribution < 1.29 is 14.3 Å². The van der Waals surface area contributed by atoms with Crippen molar-refractivity contribution in [1.29, 1.82) is 0 Å². The number of rotatable bonds is 11. The highest BCUT2D eigenvalue weighted by atomic mass is 79.9. The van der Waals surface area contributed by atoms with Gasteiger partial charge in [-0.25, -0.2) is 0 Å². The number of hydrogen-bond acceptors (Lipinski definition) is 3. The largest absolute Gasteiger partial charge is 0.483 e. The average Bonchev–Trinajstić information content (AvgIpc) is 3.43. The second kappa shape index (κ2) is 14.0. The molecule has 7 heteroatoms. The zero-order valence-corrected chi connectivity index (χ0v) is 24.9. The van der Waals surface area contributed by atoms with Crippen LogP contribution in [0.4, 0.5) is 0 Å². The summed E-state index contributed by atoms with van der Waals surface area (Å²) in [5.74, 6) is 0.564. The Labute approximate surface area is 245 Å². The highest BCUT2D eigenvalue weighted by molar-refractivity contribution is 9.10. The summed E-state index contributed by atoms with van der Waals surface area (Å²) in [5, 5.41) is 3.81. The van der Waals surface area contributed by atoms with Crippen molar-refractivity contribution in [3.63, 3.8) is 0 Å². The Balaban J connectivity index is 1.61. The molecule has 0 spiro atoms. The number of benzene rings is 3. The Morgan fingerprint density at radius 2 is 1.72 bits per heavy atom. The number of nitrogens with zero attached hydrogens (tertiary/aromatic N) is 1. The van der Waals surface area contributed by atoms with Crippen LogP contribution in [-0.4, -0.2) is 35.4 Å². The molecule has 1 unspecified atom stereocenters. The van der Waals surface area contributed by atoms with Crippen LogP contribution in [-0.2, 0) is 22.6 Å². The maximum atomic E-state index is 13.8. The van der Waals surface area contributed by atoms with Gasteiger partial charge in [-0.15, -0.1) is 0 Å². The van der Waals surface area contributed by atoms with Gasteiger partial charge in [0.2, 0.25) is 5.91 Å². The number of hydrogen-bond donors (Lipinski definition) is 1. The molecule has 5 nitrogen and oxygen atoms in total. The van der Waals surface area contributed by atoms with E-state index in [2.05, 4.69) is 35.1 Å². The Morgan fingerprint density at radius 3 is 2.38 bits per heavy atom. The fraction of sp³-hybridized carbons (Fsp3) is 0.375. The molecule has 0 radical (unpaired) electrons. The molecule has 1 aliphatic carbocycles. The van der Waals surface area contributed by atoms with Gasteiger partial charge in [0, 0.05) is 24.0 Å². The van der Waals surface area contributed by atoms with Gasteiger partial charge >= 0.3 is 0 Å². The summed E-state index contributed by atoms with van der Waals surface area (Å²) in [6.45, 7) is 4.31. The number of carbonyl (C=O) groups is 2. The van der Waals surface area contributed by atoms with E-state index in [9.17, 15) is 9.59 Å². The molecule has 3 aromatic rings. The lowest BCUT2D eigenvalue weighted by atomic mass is 10.0. The molecule has 2 amide bonds. The monoisotopic (exact) mass is 610 g/mol. The van der Waals surface area contributed by atoms with Gasteiger partial charge in [-0.3, -0.25) is 9.59 Å². The van der Waals surface area contributed by atoms with Gasteiger partial charge in [0.25, 0.3) is 5.91 Å². The lowest BCUT2D eigenvalue weighted by Gasteiger charge is -2.32. The minimum absolute atomic E-state index is 0.136. The number of ether oxygens (including phenoxy) is 1. The third-order valence-electron chi connectivity index (χ3n) is 7.19. The second-order valence-corrected chi connectivity index (χ2v) is 11.8. The van der Waals surface area contributed by atoms with Crippen LogP contribution in [0.5, 0.6) is 5.75 Å². The van der Waals surface area contributed by atoms with Crippen LogP contribution in [0.1, 0.15) is 62.1 Å². The van der Waals surface area contributed by atoms with E-state index in [1.807, 2.05) is 66.7 Å². The molecule has 1 saturated carbocycles. The van der Waals surface area contributed by atoms with Crippen molar-refractivity contribution in [3.8, 4) is 5.75 Å². The van der Waals surface area contributed by atoms with Crippen molar-refractivity contribution >= 4 is 39.3 Å². The van der Waals surface area contributed by atoms with Crippen LogP contribution in [0.3, 0.4) is 0 Å². The molecule has 39 heavy (non-hydrogen) atoms. The molecule has 1 aliphatic rings. The first kappa shape index (κ1) is 29.2. The summed E-state index contributed by atoms with van der Waals surface area (Å²) in [7, 11) is 0. The number of halogens is 2. The molecular weight excluding hydrogens is 576 g/mol. The van der Waals surface area contributed by atoms with Crippen LogP contribution in [0.2, 0.25) is 5.02 Å². The van der Waals surface area contributed by atoms with Gasteiger partial charge in [-0.05, 0) is 75.6 Å². The van der Waals surface area contributed by atoms with E-state index in [1.165, 1.54) is 5.56 Å². The topological polar surface area (TPSA) is 58.6 Å². The van der Waals surface area contributed by atoms with Crippen LogP contribution < -0.4 is 10.1 Å². The third kappa shape index (κ3) is 8.33. The minimum atomic E-state index is -0.699. The number of nitrogens with one attached hydrogen (secondary N) is 1. The van der Waals surface area contributed by atoms with Gasteiger partial charge in [-0.2, -0.15) is 0 Å². The summed E-state index contributed by atoms with van der Waals surface area (Å²) in [6, 6.07) is 22.6. The van der Waals surface area contributed by atoms with E-state index in [1.54, 1.807) is 11.0 Å². The Kier molecular flexibility index (Phi) is 10.5. The van der Waals surface area contributed by atoms with E-state index >= 15 is 0 Å². The average molecular weight is 612 g/mol. The van der Waals surface area contributed by atoms with Crippen LogP contribution >= 0.6 is 27.5 Å². The van der Waals surface area contributed by atoms with E-state index in [4.69, 9.17) is 16.3 Å².